The lowest BCUT2D eigenvalue weighted by Crippen LogP contribution is -2.50. The molecule has 0 aliphatic carbocycles. The van der Waals surface area contributed by atoms with Crippen LogP contribution in [-0.4, -0.2) is 30.0 Å². The number of benzene rings is 3. The number of anilines is 3. The molecular formula is C27H25N3O3S. The van der Waals surface area contributed by atoms with Gasteiger partial charge in [-0.25, -0.2) is 0 Å². The van der Waals surface area contributed by atoms with E-state index in [9.17, 15) is 14.4 Å². The van der Waals surface area contributed by atoms with Crippen LogP contribution >= 0.6 is 11.8 Å². The molecule has 1 fully saturated rings. The molecule has 7 heteroatoms. The molecule has 1 atom stereocenters. The first-order chi connectivity index (χ1) is 16.3. The summed E-state index contributed by atoms with van der Waals surface area (Å²) in [6.07, 6.45) is 0. The Morgan fingerprint density at radius 2 is 1.71 bits per heavy atom. The van der Waals surface area contributed by atoms with Crippen LogP contribution in [0.3, 0.4) is 0 Å². The third-order valence-electron chi connectivity index (χ3n) is 6.45. The van der Waals surface area contributed by atoms with Gasteiger partial charge in [0, 0.05) is 16.9 Å². The molecule has 0 aromatic heterocycles. The second-order valence-electron chi connectivity index (χ2n) is 8.75. The molecule has 2 aliphatic heterocycles. The summed E-state index contributed by atoms with van der Waals surface area (Å²) in [5.74, 6) is -0.503. The number of aryl methyl sites for hydroxylation is 3. The fraction of sp³-hybridized carbons (Fsp3) is 0.222. The maximum atomic E-state index is 14.0. The van der Waals surface area contributed by atoms with Gasteiger partial charge < -0.3 is 5.32 Å². The predicted octanol–water partition coefficient (Wildman–Crippen LogP) is 4.53. The minimum atomic E-state index is -1.22. The van der Waals surface area contributed by atoms with Crippen molar-refractivity contribution < 1.29 is 14.4 Å². The Morgan fingerprint density at radius 3 is 2.44 bits per heavy atom. The summed E-state index contributed by atoms with van der Waals surface area (Å²) >= 11 is 1.31. The fourth-order valence-corrected chi connectivity index (χ4v) is 5.92. The number of amides is 3. The molecule has 3 aromatic rings. The highest BCUT2D eigenvalue weighted by Crippen LogP contribution is 2.55. The van der Waals surface area contributed by atoms with Crippen molar-refractivity contribution in [3.05, 3.63) is 89.0 Å². The molecule has 1 saturated heterocycles. The number of rotatable bonds is 4. The molecule has 0 saturated carbocycles. The smallest absolute Gasteiger partial charge is 0.269 e. The number of para-hydroxylation sites is 1. The summed E-state index contributed by atoms with van der Waals surface area (Å²) in [5.41, 5.74) is 6.01. The molecule has 2 heterocycles. The second-order valence-corrected chi connectivity index (χ2v) is 9.92. The Balaban J connectivity index is 1.52. The number of nitrogens with one attached hydrogen (secondary N) is 1. The molecule has 5 rings (SSSR count). The molecule has 34 heavy (non-hydrogen) atoms. The largest absolute Gasteiger partial charge is 0.325 e. The van der Waals surface area contributed by atoms with E-state index in [-0.39, 0.29) is 30.0 Å². The van der Waals surface area contributed by atoms with Crippen molar-refractivity contribution in [3.8, 4) is 0 Å². The highest BCUT2D eigenvalue weighted by atomic mass is 32.2. The van der Waals surface area contributed by atoms with Crippen molar-refractivity contribution in [3.63, 3.8) is 0 Å². The Kier molecular flexibility index (Phi) is 5.44. The van der Waals surface area contributed by atoms with Gasteiger partial charge in [-0.05, 0) is 62.2 Å². The standard InChI is InChI=1S/C27H25N3O3S/c1-17-8-11-20(12-9-17)28-24(31)15-29-23-7-5-4-6-22(23)27(26(29)33)30(25(32)16-34-27)21-13-10-18(2)19(3)14-21/h4-14H,15-16H2,1-3H3,(H,28,31)/t27-/m0/s1. The molecule has 1 spiro atoms. The summed E-state index contributed by atoms with van der Waals surface area (Å²) in [6.45, 7) is 5.85. The third kappa shape index (κ3) is 3.47. The second kappa shape index (κ2) is 8.33. The van der Waals surface area contributed by atoms with Crippen molar-refractivity contribution >= 4 is 46.5 Å². The quantitative estimate of drug-likeness (QED) is 0.607. The van der Waals surface area contributed by atoms with Gasteiger partial charge in [0.05, 0.1) is 11.4 Å². The SMILES string of the molecule is Cc1ccc(NC(=O)CN2C(=O)[C@@]3(SCC(=O)N3c3ccc(C)c(C)c3)c3ccccc32)cc1. The average molecular weight is 472 g/mol. The van der Waals surface area contributed by atoms with Crippen molar-refractivity contribution in [2.45, 2.75) is 25.6 Å². The number of thioether (sulfide) groups is 1. The van der Waals surface area contributed by atoms with Gasteiger partial charge in [-0.2, -0.15) is 0 Å². The van der Waals surface area contributed by atoms with Gasteiger partial charge in [-0.15, -0.1) is 11.8 Å². The van der Waals surface area contributed by atoms with Gasteiger partial charge in [0.2, 0.25) is 16.7 Å². The van der Waals surface area contributed by atoms with Gasteiger partial charge in [-0.1, -0.05) is 42.0 Å². The lowest BCUT2D eigenvalue weighted by Gasteiger charge is -2.33. The molecule has 172 valence electrons. The summed E-state index contributed by atoms with van der Waals surface area (Å²) < 4.78 is 0. The number of fused-ring (bicyclic) bond motifs is 2. The van der Waals surface area contributed by atoms with E-state index in [4.69, 9.17) is 0 Å². The predicted molar refractivity (Wildman–Crippen MR) is 136 cm³/mol. The number of carbonyl (C=O) groups excluding carboxylic acids is 3. The first-order valence-electron chi connectivity index (χ1n) is 11.1. The van der Waals surface area contributed by atoms with E-state index in [1.54, 1.807) is 4.90 Å². The van der Waals surface area contributed by atoms with E-state index in [1.807, 2.05) is 87.5 Å². The maximum Gasteiger partial charge on any atom is 0.269 e. The fourth-order valence-electron chi connectivity index (χ4n) is 4.56. The Bertz CT molecular complexity index is 1320. The van der Waals surface area contributed by atoms with Crippen molar-refractivity contribution in [1.29, 1.82) is 0 Å². The highest BCUT2D eigenvalue weighted by Gasteiger charge is 2.61. The average Bonchev–Trinajstić information content (AvgIpc) is 3.28. The summed E-state index contributed by atoms with van der Waals surface area (Å²) in [7, 11) is 0. The number of hydrogen-bond acceptors (Lipinski definition) is 4. The van der Waals surface area contributed by atoms with Gasteiger partial charge in [0.15, 0.2) is 0 Å². The zero-order valence-electron chi connectivity index (χ0n) is 19.3. The monoisotopic (exact) mass is 471 g/mol. The van der Waals surface area contributed by atoms with Crippen molar-refractivity contribution in [1.82, 2.24) is 0 Å². The highest BCUT2D eigenvalue weighted by molar-refractivity contribution is 8.02. The van der Waals surface area contributed by atoms with Crippen LogP contribution in [0.25, 0.3) is 0 Å². The van der Waals surface area contributed by atoms with Crippen LogP contribution in [0.2, 0.25) is 0 Å². The molecular weight excluding hydrogens is 446 g/mol. The van der Waals surface area contributed by atoms with E-state index in [2.05, 4.69) is 5.32 Å². The third-order valence-corrected chi connectivity index (χ3v) is 7.84. The molecule has 0 radical (unpaired) electrons. The van der Waals surface area contributed by atoms with Gasteiger partial charge >= 0.3 is 0 Å². The van der Waals surface area contributed by atoms with Gasteiger partial charge in [-0.3, -0.25) is 24.2 Å². The van der Waals surface area contributed by atoms with Crippen LogP contribution in [0.4, 0.5) is 17.1 Å². The van der Waals surface area contributed by atoms with Crippen LogP contribution in [-0.2, 0) is 19.3 Å². The zero-order valence-corrected chi connectivity index (χ0v) is 20.1. The van der Waals surface area contributed by atoms with Gasteiger partial charge in [0.1, 0.15) is 6.54 Å². The molecule has 3 amide bonds. The van der Waals surface area contributed by atoms with Crippen LogP contribution in [0.5, 0.6) is 0 Å². The normalized spacial score (nSPS) is 19.1. The summed E-state index contributed by atoms with van der Waals surface area (Å²) in [4.78, 5) is 42.0. The Morgan fingerprint density at radius 1 is 0.971 bits per heavy atom. The Hall–Kier alpha value is -3.58. The summed E-state index contributed by atoms with van der Waals surface area (Å²) in [5, 5.41) is 2.87. The van der Waals surface area contributed by atoms with Gasteiger partial charge in [0.25, 0.3) is 5.91 Å². The van der Waals surface area contributed by atoms with Crippen LogP contribution in [0.15, 0.2) is 66.7 Å². The minimum absolute atomic E-state index is 0.123. The van der Waals surface area contributed by atoms with E-state index in [1.165, 1.54) is 16.7 Å². The first kappa shape index (κ1) is 22.2. The van der Waals surface area contributed by atoms with E-state index < -0.39 is 4.87 Å². The van der Waals surface area contributed by atoms with Crippen molar-refractivity contribution in [2.24, 2.45) is 0 Å². The minimum Gasteiger partial charge on any atom is -0.325 e. The molecule has 0 unspecified atom stereocenters. The number of nitrogens with zero attached hydrogens (tertiary/aromatic N) is 2. The topological polar surface area (TPSA) is 69.7 Å². The van der Waals surface area contributed by atoms with Crippen molar-refractivity contribution in [2.75, 3.05) is 27.4 Å². The molecule has 2 aliphatic rings. The molecule has 6 nitrogen and oxygen atoms in total. The first-order valence-corrected chi connectivity index (χ1v) is 12.1. The molecule has 0 bridgehead atoms. The number of carbonyl (C=O) groups is 3. The van der Waals surface area contributed by atoms with Crippen LogP contribution in [0, 0.1) is 20.8 Å². The molecule has 3 aromatic carbocycles. The lowest BCUT2D eigenvalue weighted by atomic mass is 10.0. The van der Waals surface area contributed by atoms with Crippen LogP contribution in [0.1, 0.15) is 22.3 Å². The molecule has 1 N–H and O–H groups in total. The lowest BCUT2D eigenvalue weighted by molar-refractivity contribution is -0.124. The van der Waals surface area contributed by atoms with Crippen LogP contribution < -0.4 is 15.1 Å². The number of hydrogen-bond donors (Lipinski definition) is 1. The Labute approximate surface area is 202 Å². The van der Waals surface area contributed by atoms with E-state index in [0.717, 1.165) is 22.3 Å². The summed E-state index contributed by atoms with van der Waals surface area (Å²) in [6, 6.07) is 20.7. The zero-order chi connectivity index (χ0) is 24.0. The van der Waals surface area contributed by atoms with E-state index in [0.29, 0.717) is 17.1 Å². The maximum absolute atomic E-state index is 14.0. The van der Waals surface area contributed by atoms with E-state index >= 15 is 0 Å².